The number of hydrogen-bond acceptors (Lipinski definition) is 7. The monoisotopic (exact) mass is 501 g/mol. The van der Waals surface area contributed by atoms with Gasteiger partial charge in [0.05, 0.1) is 22.8 Å². The SMILES string of the molecule is CCOC(=O)CN1C(=O)C(=C2SC(=S)N(NC(=O)c3cccc(Cl)c3)C2=O)c2ccccc21. The van der Waals surface area contributed by atoms with Gasteiger partial charge in [-0.15, -0.1) is 0 Å². The van der Waals surface area contributed by atoms with E-state index in [1.165, 1.54) is 11.0 Å². The molecule has 0 atom stereocenters. The first-order valence-corrected chi connectivity index (χ1v) is 11.4. The highest BCUT2D eigenvalue weighted by Crippen LogP contribution is 2.44. The van der Waals surface area contributed by atoms with E-state index < -0.39 is 23.7 Å². The van der Waals surface area contributed by atoms with Gasteiger partial charge in [-0.05, 0) is 43.4 Å². The molecule has 2 aliphatic heterocycles. The van der Waals surface area contributed by atoms with Gasteiger partial charge in [-0.3, -0.25) is 29.5 Å². The van der Waals surface area contributed by atoms with Crippen LogP contribution in [0.2, 0.25) is 5.02 Å². The number of nitrogens with one attached hydrogen (secondary N) is 1. The first kappa shape index (κ1) is 23.0. The number of thiocarbonyl (C=S) groups is 1. The summed E-state index contributed by atoms with van der Waals surface area (Å²) < 4.78 is 5.03. The Bertz CT molecular complexity index is 1250. The maximum atomic E-state index is 13.3. The molecule has 33 heavy (non-hydrogen) atoms. The molecule has 2 heterocycles. The van der Waals surface area contributed by atoms with Gasteiger partial charge in [0.2, 0.25) is 0 Å². The number of esters is 1. The fourth-order valence-corrected chi connectivity index (χ4v) is 4.84. The molecule has 0 aliphatic carbocycles. The standard InChI is InChI=1S/C22H16ClN3O5S2/c1-2-31-16(27)11-25-15-9-4-3-8-14(15)17(20(25)29)18-21(30)26(22(32)33-18)24-19(28)12-6-5-7-13(23)10-12/h3-10H,2,11H2,1H3,(H,24,28). The molecule has 0 aromatic heterocycles. The van der Waals surface area contributed by atoms with Gasteiger partial charge in [-0.25, -0.2) is 0 Å². The van der Waals surface area contributed by atoms with Crippen molar-refractivity contribution in [3.63, 3.8) is 0 Å². The number of rotatable bonds is 5. The molecule has 0 bridgehead atoms. The molecule has 0 spiro atoms. The van der Waals surface area contributed by atoms with Crippen LogP contribution in [0.15, 0.2) is 53.4 Å². The van der Waals surface area contributed by atoms with E-state index in [0.717, 1.165) is 16.8 Å². The summed E-state index contributed by atoms with van der Waals surface area (Å²) in [5.74, 6) is -2.31. The lowest BCUT2D eigenvalue weighted by atomic mass is 10.1. The summed E-state index contributed by atoms with van der Waals surface area (Å²) in [6.07, 6.45) is 0. The molecule has 1 fully saturated rings. The number of hydrogen-bond donors (Lipinski definition) is 1. The Kier molecular flexibility index (Phi) is 6.50. The quantitative estimate of drug-likeness (QED) is 0.382. The van der Waals surface area contributed by atoms with Crippen LogP contribution in [0.4, 0.5) is 5.69 Å². The minimum Gasteiger partial charge on any atom is -0.465 e. The first-order chi connectivity index (χ1) is 15.8. The van der Waals surface area contributed by atoms with Crippen molar-refractivity contribution in [1.82, 2.24) is 10.4 Å². The summed E-state index contributed by atoms with van der Waals surface area (Å²) in [7, 11) is 0. The highest BCUT2D eigenvalue weighted by molar-refractivity contribution is 8.26. The summed E-state index contributed by atoms with van der Waals surface area (Å²) in [4.78, 5) is 52.4. The van der Waals surface area contributed by atoms with Crippen LogP contribution in [0, 0.1) is 0 Å². The summed E-state index contributed by atoms with van der Waals surface area (Å²) in [6, 6.07) is 13.0. The fraction of sp³-hybridized carbons (Fsp3) is 0.136. The Morgan fingerprint density at radius 2 is 1.88 bits per heavy atom. The van der Waals surface area contributed by atoms with Gasteiger partial charge >= 0.3 is 5.97 Å². The zero-order chi connectivity index (χ0) is 23.7. The Morgan fingerprint density at radius 3 is 2.61 bits per heavy atom. The third-order valence-corrected chi connectivity index (χ3v) is 6.42. The molecular formula is C22H16ClN3O5S2. The summed E-state index contributed by atoms with van der Waals surface area (Å²) in [6.45, 7) is 1.56. The van der Waals surface area contributed by atoms with Crippen LogP contribution in [0.5, 0.6) is 0 Å². The second kappa shape index (κ2) is 9.34. The van der Waals surface area contributed by atoms with Gasteiger partial charge in [-0.1, -0.05) is 47.6 Å². The predicted octanol–water partition coefficient (Wildman–Crippen LogP) is 3.17. The van der Waals surface area contributed by atoms with Gasteiger partial charge in [0.1, 0.15) is 6.54 Å². The minimum absolute atomic E-state index is 0.0620. The van der Waals surface area contributed by atoms with E-state index in [1.807, 2.05) is 0 Å². The molecule has 2 aliphatic rings. The van der Waals surface area contributed by atoms with E-state index in [4.69, 9.17) is 28.6 Å². The minimum atomic E-state index is -0.642. The molecule has 168 valence electrons. The van der Waals surface area contributed by atoms with Gasteiger partial charge in [0.15, 0.2) is 4.32 Å². The first-order valence-electron chi connectivity index (χ1n) is 9.75. The van der Waals surface area contributed by atoms with E-state index in [1.54, 1.807) is 49.4 Å². The molecule has 8 nitrogen and oxygen atoms in total. The number of anilines is 1. The smallest absolute Gasteiger partial charge is 0.326 e. The number of thioether (sulfide) groups is 1. The van der Waals surface area contributed by atoms with Crippen molar-refractivity contribution < 1.29 is 23.9 Å². The van der Waals surface area contributed by atoms with Crippen LogP contribution in [-0.2, 0) is 19.1 Å². The van der Waals surface area contributed by atoms with E-state index >= 15 is 0 Å². The van der Waals surface area contributed by atoms with Crippen LogP contribution >= 0.6 is 35.6 Å². The van der Waals surface area contributed by atoms with Crippen molar-refractivity contribution in [3.05, 3.63) is 69.6 Å². The lowest BCUT2D eigenvalue weighted by molar-refractivity contribution is -0.142. The maximum absolute atomic E-state index is 13.3. The lowest BCUT2D eigenvalue weighted by Gasteiger charge is -2.16. The van der Waals surface area contributed by atoms with Crippen LogP contribution in [-0.4, -0.2) is 46.2 Å². The number of hydrazine groups is 1. The second-order valence-corrected chi connectivity index (χ2v) is 8.96. The predicted molar refractivity (Wildman–Crippen MR) is 128 cm³/mol. The van der Waals surface area contributed by atoms with E-state index in [9.17, 15) is 19.2 Å². The molecular weight excluding hydrogens is 486 g/mol. The maximum Gasteiger partial charge on any atom is 0.326 e. The van der Waals surface area contributed by atoms with Crippen molar-refractivity contribution >= 4 is 74.9 Å². The molecule has 2 aromatic carbocycles. The van der Waals surface area contributed by atoms with Crippen molar-refractivity contribution in [1.29, 1.82) is 0 Å². The number of benzene rings is 2. The van der Waals surface area contributed by atoms with Crippen molar-refractivity contribution in [2.75, 3.05) is 18.1 Å². The Morgan fingerprint density at radius 1 is 1.12 bits per heavy atom. The van der Waals surface area contributed by atoms with Crippen LogP contribution in [0.1, 0.15) is 22.8 Å². The number of nitrogens with zero attached hydrogens (tertiary/aromatic N) is 2. The van der Waals surface area contributed by atoms with Gasteiger partial charge < -0.3 is 4.74 Å². The number of amides is 3. The number of carbonyl (C=O) groups excluding carboxylic acids is 4. The topological polar surface area (TPSA) is 96.0 Å². The molecule has 3 amide bonds. The zero-order valence-corrected chi connectivity index (χ0v) is 19.6. The Hall–Kier alpha value is -3.21. The number of fused-ring (bicyclic) bond motifs is 1. The molecule has 0 radical (unpaired) electrons. The average Bonchev–Trinajstić information content (AvgIpc) is 3.21. The molecule has 0 unspecified atom stereocenters. The molecule has 11 heteroatoms. The van der Waals surface area contributed by atoms with Crippen LogP contribution < -0.4 is 10.3 Å². The number of carbonyl (C=O) groups is 4. The van der Waals surface area contributed by atoms with Gasteiger partial charge in [-0.2, -0.15) is 5.01 Å². The lowest BCUT2D eigenvalue weighted by Crippen LogP contribution is -2.45. The van der Waals surface area contributed by atoms with Crippen molar-refractivity contribution in [2.24, 2.45) is 0 Å². The van der Waals surface area contributed by atoms with E-state index in [2.05, 4.69) is 5.43 Å². The average molecular weight is 502 g/mol. The molecule has 0 saturated carbocycles. The third kappa shape index (κ3) is 4.37. The normalized spacial score (nSPS) is 17.5. The number of halogens is 1. The highest BCUT2D eigenvalue weighted by Gasteiger charge is 2.43. The Balaban J connectivity index is 1.66. The fourth-order valence-electron chi connectivity index (χ4n) is 3.40. The zero-order valence-electron chi connectivity index (χ0n) is 17.2. The van der Waals surface area contributed by atoms with E-state index in [0.29, 0.717) is 16.3 Å². The highest BCUT2D eigenvalue weighted by atomic mass is 35.5. The molecule has 2 aromatic rings. The van der Waals surface area contributed by atoms with Crippen molar-refractivity contribution in [3.8, 4) is 0 Å². The third-order valence-electron chi connectivity index (χ3n) is 4.81. The van der Waals surface area contributed by atoms with Crippen molar-refractivity contribution in [2.45, 2.75) is 6.92 Å². The molecule has 1 N–H and O–H groups in total. The van der Waals surface area contributed by atoms with Gasteiger partial charge in [0.25, 0.3) is 17.7 Å². The summed E-state index contributed by atoms with van der Waals surface area (Å²) in [5, 5.41) is 1.29. The largest absolute Gasteiger partial charge is 0.465 e. The number of ether oxygens (including phenoxy) is 1. The van der Waals surface area contributed by atoms with Gasteiger partial charge in [0, 0.05) is 16.1 Å². The second-order valence-electron chi connectivity index (χ2n) is 6.88. The summed E-state index contributed by atoms with van der Waals surface area (Å²) >= 11 is 12.1. The van der Waals surface area contributed by atoms with Crippen LogP contribution in [0.25, 0.3) is 5.57 Å². The summed E-state index contributed by atoms with van der Waals surface area (Å²) in [5.41, 5.74) is 3.80. The van der Waals surface area contributed by atoms with Crippen LogP contribution in [0.3, 0.4) is 0 Å². The van der Waals surface area contributed by atoms with E-state index in [-0.39, 0.29) is 33.5 Å². The Labute approximate surface area is 203 Å². The molecule has 1 saturated heterocycles. The molecule has 4 rings (SSSR count). The number of para-hydroxylation sites is 1.